The molecule has 1 N–H and O–H groups in total. The maximum Gasteiger partial charge on any atom is 0.349 e. The van der Waals surface area contributed by atoms with Gasteiger partial charge < -0.3 is 18.8 Å². The summed E-state index contributed by atoms with van der Waals surface area (Å²) in [5.74, 6) is 1.15. The molecule has 0 aliphatic carbocycles. The number of fused-ring (bicyclic) bond motifs is 2. The van der Waals surface area contributed by atoms with Crippen LogP contribution in [-0.4, -0.2) is 65.4 Å². The van der Waals surface area contributed by atoms with Gasteiger partial charge in [0.05, 0.1) is 44.1 Å². The third kappa shape index (κ3) is 10.7. The van der Waals surface area contributed by atoms with E-state index in [1.807, 2.05) is 16.7 Å². The Morgan fingerprint density at radius 2 is 1.51 bits per heavy atom. The van der Waals surface area contributed by atoms with E-state index in [0.29, 0.717) is 50.9 Å². The number of methoxy groups -OCH3 is 1. The van der Waals surface area contributed by atoms with E-state index in [4.69, 9.17) is 14.2 Å². The number of aryl methyl sites for hydroxylation is 1. The molecular formula is C29H44N4O5S. The molecular weight excluding hydrogens is 516 g/mol. The number of aromatic nitrogens is 4. The lowest BCUT2D eigenvalue weighted by atomic mass is 10.1. The minimum Gasteiger partial charge on any atom is -0.382 e. The van der Waals surface area contributed by atoms with E-state index < -0.39 is 11.2 Å². The van der Waals surface area contributed by atoms with E-state index in [2.05, 4.69) is 27.9 Å². The van der Waals surface area contributed by atoms with Crippen LogP contribution in [0.2, 0.25) is 0 Å². The highest BCUT2D eigenvalue weighted by atomic mass is 32.2. The summed E-state index contributed by atoms with van der Waals surface area (Å²) in [5.41, 5.74) is 0.670. The summed E-state index contributed by atoms with van der Waals surface area (Å²) in [5, 5.41) is 0. The molecule has 0 saturated carbocycles. The Kier molecular flexibility index (Phi) is 14.5. The van der Waals surface area contributed by atoms with Crippen LogP contribution in [0.1, 0.15) is 71.1 Å². The number of nitrogens with one attached hydrogen (secondary N) is 1. The third-order valence-electron chi connectivity index (χ3n) is 6.62. The van der Waals surface area contributed by atoms with Crippen LogP contribution in [-0.2, 0) is 20.8 Å². The Labute approximate surface area is 235 Å². The molecule has 9 nitrogen and oxygen atoms in total. The summed E-state index contributed by atoms with van der Waals surface area (Å²) in [4.78, 5) is 36.6. The van der Waals surface area contributed by atoms with E-state index in [1.54, 1.807) is 18.9 Å². The van der Waals surface area contributed by atoms with Crippen molar-refractivity contribution < 1.29 is 14.2 Å². The monoisotopic (exact) mass is 560 g/mol. The fraction of sp³-hybridized carbons (Fsp3) is 0.655. The Bertz CT molecular complexity index is 1200. The number of ether oxygens (including phenoxy) is 3. The van der Waals surface area contributed by atoms with Crippen LogP contribution >= 0.6 is 11.8 Å². The average Bonchev–Trinajstić information content (AvgIpc) is 2.93. The lowest BCUT2D eigenvalue weighted by Gasteiger charge is -2.17. The van der Waals surface area contributed by atoms with Crippen molar-refractivity contribution in [3.63, 3.8) is 0 Å². The van der Waals surface area contributed by atoms with Gasteiger partial charge in [-0.15, -0.1) is 11.8 Å². The molecule has 1 aromatic rings. The molecule has 0 spiro atoms. The number of aromatic amines is 1. The van der Waals surface area contributed by atoms with Crippen molar-refractivity contribution in [3.8, 4) is 11.5 Å². The van der Waals surface area contributed by atoms with Gasteiger partial charge in [-0.25, -0.2) is 9.78 Å². The minimum atomic E-state index is -0.639. The van der Waals surface area contributed by atoms with E-state index in [1.165, 1.54) is 51.4 Å². The molecule has 2 aliphatic rings. The molecule has 3 rings (SSSR count). The zero-order valence-corrected chi connectivity index (χ0v) is 24.4. The molecule has 0 fully saturated rings. The summed E-state index contributed by atoms with van der Waals surface area (Å²) in [6.45, 7) is 5.80. The molecule has 10 heteroatoms. The van der Waals surface area contributed by atoms with Gasteiger partial charge in [-0.2, -0.15) is 4.98 Å². The SMILES string of the molecule is CCCCCCCCCCCCn1c2nc(=O)[nH]c(=O)c-2nc2ccc(SCCOCCOCCOC)cc21. The molecule has 0 amide bonds. The quantitative estimate of drug-likeness (QED) is 0.107. The number of hydrogen-bond acceptors (Lipinski definition) is 8. The van der Waals surface area contributed by atoms with Gasteiger partial charge in [-0.1, -0.05) is 64.7 Å². The number of benzene rings is 1. The van der Waals surface area contributed by atoms with Crippen LogP contribution in [0.15, 0.2) is 32.7 Å². The highest BCUT2D eigenvalue weighted by Crippen LogP contribution is 2.27. The average molecular weight is 561 g/mol. The predicted molar refractivity (Wildman–Crippen MR) is 157 cm³/mol. The van der Waals surface area contributed by atoms with Crippen LogP contribution < -0.4 is 11.2 Å². The van der Waals surface area contributed by atoms with Crippen molar-refractivity contribution >= 4 is 22.8 Å². The van der Waals surface area contributed by atoms with Gasteiger partial charge in [-0.05, 0) is 24.6 Å². The molecule has 39 heavy (non-hydrogen) atoms. The first-order valence-electron chi connectivity index (χ1n) is 14.4. The highest BCUT2D eigenvalue weighted by Gasteiger charge is 2.18. The Morgan fingerprint density at radius 3 is 2.23 bits per heavy atom. The topological polar surface area (TPSA) is 108 Å². The first-order valence-corrected chi connectivity index (χ1v) is 15.3. The van der Waals surface area contributed by atoms with Crippen molar-refractivity contribution in [2.75, 3.05) is 45.9 Å². The number of nitrogens with zero attached hydrogens (tertiary/aromatic N) is 3. The molecule has 0 aromatic heterocycles. The van der Waals surface area contributed by atoms with Crippen LogP contribution in [0.4, 0.5) is 0 Å². The Morgan fingerprint density at radius 1 is 0.846 bits per heavy atom. The van der Waals surface area contributed by atoms with Gasteiger partial charge >= 0.3 is 5.69 Å². The highest BCUT2D eigenvalue weighted by molar-refractivity contribution is 7.99. The van der Waals surface area contributed by atoms with Crippen molar-refractivity contribution in [1.29, 1.82) is 0 Å². The lowest BCUT2D eigenvalue weighted by Crippen LogP contribution is -2.29. The second kappa shape index (κ2) is 18.1. The molecule has 0 unspecified atom stereocenters. The van der Waals surface area contributed by atoms with E-state index in [9.17, 15) is 9.59 Å². The summed E-state index contributed by atoms with van der Waals surface area (Å²) in [7, 11) is 1.65. The number of thioether (sulfide) groups is 1. The zero-order valence-electron chi connectivity index (χ0n) is 23.5. The maximum absolute atomic E-state index is 12.5. The summed E-state index contributed by atoms with van der Waals surface area (Å²) in [6.07, 6.45) is 12.4. The summed E-state index contributed by atoms with van der Waals surface area (Å²) in [6, 6.07) is 6.01. The van der Waals surface area contributed by atoms with Gasteiger partial charge in [0, 0.05) is 24.3 Å². The smallest absolute Gasteiger partial charge is 0.349 e. The fourth-order valence-corrected chi connectivity index (χ4v) is 5.32. The van der Waals surface area contributed by atoms with Crippen LogP contribution in [0.3, 0.4) is 0 Å². The maximum atomic E-state index is 12.5. The third-order valence-corrected chi connectivity index (χ3v) is 7.57. The second-order valence-electron chi connectivity index (χ2n) is 9.71. The molecule has 2 aliphatic heterocycles. The van der Waals surface area contributed by atoms with Gasteiger partial charge in [0.1, 0.15) is 0 Å². The van der Waals surface area contributed by atoms with Gasteiger partial charge in [0.15, 0.2) is 11.5 Å². The van der Waals surface area contributed by atoms with Crippen molar-refractivity contribution in [1.82, 2.24) is 19.5 Å². The molecule has 2 heterocycles. The summed E-state index contributed by atoms with van der Waals surface area (Å²) >= 11 is 1.69. The van der Waals surface area contributed by atoms with Gasteiger partial charge in [0.25, 0.3) is 5.56 Å². The standard InChI is InChI=1S/C29H44N4O5S/c1-3-4-5-6-7-8-9-10-11-12-15-33-25-22-23(39-21-20-38-19-18-37-17-16-36-2)13-14-24(25)30-26-27(33)31-29(35)32-28(26)34/h13-14,22H,3-12,15-21H2,1-2H3,(H,32,34,35). The number of unbranched alkanes of at least 4 members (excludes halogenated alkanes) is 9. The van der Waals surface area contributed by atoms with Crippen LogP contribution in [0, 0.1) is 0 Å². The van der Waals surface area contributed by atoms with Crippen molar-refractivity contribution in [2.24, 2.45) is 0 Å². The van der Waals surface area contributed by atoms with E-state index in [0.717, 1.165) is 29.0 Å². The Balaban J connectivity index is 1.59. The molecule has 0 bridgehead atoms. The number of hydrogen-bond donors (Lipinski definition) is 1. The fourth-order valence-electron chi connectivity index (χ4n) is 4.53. The molecule has 0 saturated heterocycles. The first-order chi connectivity index (χ1) is 19.1. The zero-order chi connectivity index (χ0) is 27.7. The lowest BCUT2D eigenvalue weighted by molar-refractivity contribution is 0.0286. The normalized spacial score (nSPS) is 11.6. The molecule has 0 radical (unpaired) electrons. The Hall–Kier alpha value is -2.27. The first kappa shape index (κ1) is 31.3. The van der Waals surface area contributed by atoms with Gasteiger partial charge in [-0.3, -0.25) is 9.78 Å². The van der Waals surface area contributed by atoms with Gasteiger partial charge in [0.2, 0.25) is 0 Å². The number of H-pyrrole nitrogens is 1. The molecule has 0 atom stereocenters. The van der Waals surface area contributed by atoms with Crippen molar-refractivity contribution in [3.05, 3.63) is 39.0 Å². The molecule has 216 valence electrons. The van der Waals surface area contributed by atoms with E-state index >= 15 is 0 Å². The number of rotatable bonds is 21. The molecule has 1 aromatic carbocycles. The minimum absolute atomic E-state index is 0.204. The van der Waals surface area contributed by atoms with Crippen molar-refractivity contribution in [2.45, 2.75) is 82.6 Å². The predicted octanol–water partition coefficient (Wildman–Crippen LogP) is 5.28. The van der Waals surface area contributed by atoms with Crippen LogP contribution in [0.25, 0.3) is 22.6 Å². The second-order valence-corrected chi connectivity index (χ2v) is 10.9. The summed E-state index contributed by atoms with van der Waals surface area (Å²) < 4.78 is 18.0. The van der Waals surface area contributed by atoms with Crippen LogP contribution in [0.5, 0.6) is 0 Å². The largest absolute Gasteiger partial charge is 0.382 e. The van der Waals surface area contributed by atoms with E-state index in [-0.39, 0.29) is 5.69 Å².